The molecule has 2 amide bonds. The quantitative estimate of drug-likeness (QED) is 0.114. The highest BCUT2D eigenvalue weighted by atomic mass is 35.5. The van der Waals surface area contributed by atoms with Gasteiger partial charge in [0.2, 0.25) is 11.8 Å². The van der Waals surface area contributed by atoms with Crippen LogP contribution in [0.3, 0.4) is 0 Å². The number of aryl methyl sites for hydroxylation is 2. The molecule has 6 aromatic rings. The number of halogens is 2. The number of hydrogen-bond acceptors (Lipinski definition) is 13. The Kier molecular flexibility index (Phi) is 14.6. The number of fused-ring (bicyclic) bond motifs is 2. The van der Waals surface area contributed by atoms with E-state index in [0.717, 1.165) is 66.3 Å². The number of hydrogen-bond donors (Lipinski definition) is 2. The first-order valence-corrected chi connectivity index (χ1v) is 26.9. The molecule has 9 rings (SSSR count). The predicted octanol–water partition coefficient (Wildman–Crippen LogP) is 8.24. The summed E-state index contributed by atoms with van der Waals surface area (Å²) in [6, 6.07) is 23.4. The van der Waals surface area contributed by atoms with Gasteiger partial charge in [-0.15, -0.1) is 22.7 Å². The number of nitrogens with one attached hydrogen (secondary N) is 1. The van der Waals surface area contributed by atoms with Crippen molar-refractivity contribution in [3.8, 4) is 0 Å². The SMILES string of the molecule is O=C(Nc1ccc(S(=O)(=O)Cc2nccs2)cc1)[C@H](CCO)N1CCCc2cc(Cl)ccc21.O=C1[C@@H](N2CCCc3cc(Cl)ccc32)CCN1c1ccc(S(=O)(=O)Cc2nccs2)cc1. The highest BCUT2D eigenvalue weighted by Crippen LogP contribution is 2.36. The Bertz CT molecular complexity index is 2850. The number of sulfone groups is 2. The summed E-state index contributed by atoms with van der Waals surface area (Å²) < 4.78 is 50.6. The molecular formula is C46H46Cl2N6O7S4. The van der Waals surface area contributed by atoms with Crippen molar-refractivity contribution in [1.82, 2.24) is 9.97 Å². The van der Waals surface area contributed by atoms with Gasteiger partial charge >= 0.3 is 0 Å². The summed E-state index contributed by atoms with van der Waals surface area (Å²) in [5.74, 6) is -0.489. The molecule has 3 aliphatic rings. The van der Waals surface area contributed by atoms with Crippen molar-refractivity contribution in [2.24, 2.45) is 0 Å². The standard InChI is InChI=1S/C23H24ClN3O4S2.C23H22ClN3O3S2/c24-17-3-8-20-16(14-17)2-1-11-27(20)21(9-12-28)23(29)26-18-4-6-19(7-5-18)33(30,31)15-22-25-10-13-32-22;24-17-3-8-20-16(14-17)2-1-11-27(20)21-9-12-26(23(21)28)18-4-6-19(7-5-18)32(29,30)15-22-25-10-13-31-22/h3-8,10,13-14,21,28H,1-2,9,11-12,15H2,(H,26,29);3-8,10,13-14,21H,1-2,9,11-12,15H2/t2*21-/m00/s1. The predicted molar refractivity (Wildman–Crippen MR) is 258 cm³/mol. The average molecular weight is 994 g/mol. The molecule has 5 heterocycles. The van der Waals surface area contributed by atoms with Gasteiger partial charge in [-0.3, -0.25) is 9.59 Å². The second kappa shape index (κ2) is 20.3. The van der Waals surface area contributed by atoms with Crippen molar-refractivity contribution in [3.05, 3.63) is 139 Å². The fraction of sp³-hybridized carbons (Fsp3) is 0.304. The van der Waals surface area contributed by atoms with Crippen molar-refractivity contribution < 1.29 is 31.5 Å². The minimum atomic E-state index is -3.52. The summed E-state index contributed by atoms with van der Waals surface area (Å²) >= 11 is 14.9. The molecule has 19 heteroatoms. The number of aliphatic hydroxyl groups excluding tert-OH is 1. The van der Waals surface area contributed by atoms with Crippen molar-refractivity contribution in [1.29, 1.82) is 0 Å². The van der Waals surface area contributed by atoms with Crippen LogP contribution in [-0.2, 0) is 53.6 Å². The summed E-state index contributed by atoms with van der Waals surface area (Å²) in [4.78, 5) is 40.9. The van der Waals surface area contributed by atoms with Gasteiger partial charge in [-0.25, -0.2) is 26.8 Å². The van der Waals surface area contributed by atoms with E-state index >= 15 is 0 Å². The van der Waals surface area contributed by atoms with Crippen molar-refractivity contribution >= 4 is 100 Å². The van der Waals surface area contributed by atoms with Gasteiger partial charge in [-0.2, -0.15) is 0 Å². The fourth-order valence-corrected chi connectivity index (χ4v) is 13.4. The Hall–Kier alpha value is -4.88. The molecule has 0 aliphatic carbocycles. The van der Waals surface area contributed by atoms with Crippen molar-refractivity contribution in [2.75, 3.05) is 46.3 Å². The molecule has 2 aromatic heterocycles. The highest BCUT2D eigenvalue weighted by Gasteiger charge is 2.38. The first-order chi connectivity index (χ1) is 31.3. The first-order valence-electron chi connectivity index (χ1n) is 21.1. The molecule has 1 saturated heterocycles. The van der Waals surface area contributed by atoms with Gasteiger partial charge in [0.25, 0.3) is 0 Å². The van der Waals surface area contributed by atoms with E-state index in [1.54, 1.807) is 70.5 Å². The number of carbonyl (C=O) groups is 2. The minimum Gasteiger partial charge on any atom is -0.396 e. The lowest BCUT2D eigenvalue weighted by Crippen LogP contribution is -2.47. The maximum Gasteiger partial charge on any atom is 0.249 e. The monoisotopic (exact) mass is 992 g/mol. The Morgan fingerprint density at radius 3 is 1.88 bits per heavy atom. The van der Waals surface area contributed by atoms with Crippen LogP contribution in [0, 0.1) is 0 Å². The van der Waals surface area contributed by atoms with E-state index < -0.39 is 25.7 Å². The molecule has 3 aliphatic heterocycles. The number of thiazole rings is 2. The Labute approximate surface area is 396 Å². The van der Waals surface area contributed by atoms with E-state index in [9.17, 15) is 31.5 Å². The van der Waals surface area contributed by atoms with Crippen LogP contribution in [0.15, 0.2) is 118 Å². The summed E-state index contributed by atoms with van der Waals surface area (Å²) in [5, 5.41) is 18.4. The zero-order valence-electron chi connectivity index (χ0n) is 35.1. The summed E-state index contributed by atoms with van der Waals surface area (Å²) in [6.45, 7) is 2.01. The average Bonchev–Trinajstić information content (AvgIpc) is 4.09. The second-order valence-electron chi connectivity index (χ2n) is 15.8. The number of nitrogens with zero attached hydrogens (tertiary/aromatic N) is 5. The summed E-state index contributed by atoms with van der Waals surface area (Å²) in [7, 11) is -7.00. The molecule has 1 fully saturated rings. The molecule has 2 N–H and O–H groups in total. The number of benzene rings is 4. The van der Waals surface area contributed by atoms with Crippen LogP contribution in [0.25, 0.3) is 0 Å². The van der Waals surface area contributed by atoms with E-state index in [1.165, 1.54) is 40.4 Å². The maximum absolute atomic E-state index is 13.3. The number of aliphatic hydroxyl groups is 1. The van der Waals surface area contributed by atoms with Crippen LogP contribution in [-0.4, -0.2) is 82.0 Å². The summed E-state index contributed by atoms with van der Waals surface area (Å²) in [5.41, 5.74) is 5.51. The van der Waals surface area contributed by atoms with E-state index in [2.05, 4.69) is 20.2 Å². The van der Waals surface area contributed by atoms with Crippen LogP contribution in [0.5, 0.6) is 0 Å². The minimum absolute atomic E-state index is 0.0474. The normalized spacial score (nSPS) is 16.6. The molecule has 0 unspecified atom stereocenters. The lowest BCUT2D eigenvalue weighted by molar-refractivity contribution is -0.118. The van der Waals surface area contributed by atoms with Crippen molar-refractivity contribution in [2.45, 2.75) is 71.9 Å². The maximum atomic E-state index is 13.3. The molecule has 4 aromatic carbocycles. The number of anilines is 4. The topological polar surface area (TPSA) is 170 Å². The molecule has 340 valence electrons. The number of amides is 2. The van der Waals surface area contributed by atoms with E-state index in [0.29, 0.717) is 33.8 Å². The number of aromatic nitrogens is 2. The smallest absolute Gasteiger partial charge is 0.249 e. The zero-order chi connectivity index (χ0) is 45.7. The molecular weight excluding hydrogens is 948 g/mol. The first kappa shape index (κ1) is 46.6. The van der Waals surface area contributed by atoms with Gasteiger partial charge in [-0.1, -0.05) is 23.2 Å². The molecule has 0 spiro atoms. The molecule has 0 bridgehead atoms. The molecule has 0 radical (unpaired) electrons. The third kappa shape index (κ3) is 10.9. The largest absolute Gasteiger partial charge is 0.396 e. The summed E-state index contributed by atoms with van der Waals surface area (Å²) in [6.07, 6.45) is 7.90. The van der Waals surface area contributed by atoms with Gasteiger partial charge in [0.15, 0.2) is 19.7 Å². The van der Waals surface area contributed by atoms with Gasteiger partial charge < -0.3 is 25.1 Å². The van der Waals surface area contributed by atoms with Gasteiger partial charge in [0.05, 0.1) is 9.79 Å². The number of rotatable bonds is 13. The van der Waals surface area contributed by atoms with E-state index in [1.807, 2.05) is 35.2 Å². The van der Waals surface area contributed by atoms with Gasteiger partial charge in [0.1, 0.15) is 33.6 Å². The Balaban J connectivity index is 0.000000177. The molecule has 65 heavy (non-hydrogen) atoms. The molecule has 13 nitrogen and oxygen atoms in total. The van der Waals surface area contributed by atoms with Crippen LogP contribution >= 0.6 is 45.9 Å². The lowest BCUT2D eigenvalue weighted by atomic mass is 9.98. The lowest BCUT2D eigenvalue weighted by Gasteiger charge is -2.37. The third-order valence-corrected chi connectivity index (χ3v) is 17.3. The van der Waals surface area contributed by atoms with Crippen molar-refractivity contribution in [3.63, 3.8) is 0 Å². The van der Waals surface area contributed by atoms with Crippen LogP contribution in [0.1, 0.15) is 46.8 Å². The van der Waals surface area contributed by atoms with Crippen LogP contribution in [0.2, 0.25) is 10.0 Å². The molecule has 0 saturated carbocycles. The zero-order valence-corrected chi connectivity index (χ0v) is 39.8. The van der Waals surface area contributed by atoms with E-state index in [4.69, 9.17) is 23.2 Å². The second-order valence-corrected chi connectivity index (χ2v) is 22.7. The third-order valence-electron chi connectivity index (χ3n) is 11.6. The number of carbonyl (C=O) groups excluding carboxylic acids is 2. The van der Waals surface area contributed by atoms with Crippen LogP contribution in [0.4, 0.5) is 22.7 Å². The highest BCUT2D eigenvalue weighted by molar-refractivity contribution is 7.91. The van der Waals surface area contributed by atoms with Gasteiger partial charge in [0, 0.05) is 82.2 Å². The van der Waals surface area contributed by atoms with Crippen LogP contribution < -0.4 is 20.0 Å². The van der Waals surface area contributed by atoms with E-state index in [-0.39, 0.29) is 52.2 Å². The molecule has 2 atom stereocenters. The van der Waals surface area contributed by atoms with Gasteiger partial charge in [-0.05, 0) is 135 Å². The Morgan fingerprint density at radius 1 is 0.754 bits per heavy atom. The fourth-order valence-electron chi connectivity index (χ4n) is 8.54. The Morgan fingerprint density at radius 2 is 1.31 bits per heavy atom.